The van der Waals surface area contributed by atoms with E-state index in [4.69, 9.17) is 8.83 Å². The molecule has 0 spiro atoms. The van der Waals surface area contributed by atoms with Crippen molar-refractivity contribution in [1.29, 1.82) is 0 Å². The van der Waals surface area contributed by atoms with Crippen molar-refractivity contribution < 1.29 is 18.4 Å². The van der Waals surface area contributed by atoms with Crippen molar-refractivity contribution in [1.82, 2.24) is 0 Å². The first-order chi connectivity index (χ1) is 16.5. The Balaban J connectivity index is 1.43. The van der Waals surface area contributed by atoms with Crippen LogP contribution in [0.5, 0.6) is 0 Å². The number of hydrogen-bond donors (Lipinski definition) is 2. The third kappa shape index (κ3) is 3.95. The van der Waals surface area contributed by atoms with E-state index in [2.05, 4.69) is 10.6 Å². The molecule has 0 aliphatic carbocycles. The van der Waals surface area contributed by atoms with Crippen LogP contribution in [0.4, 0.5) is 11.4 Å². The van der Waals surface area contributed by atoms with Gasteiger partial charge in [0.1, 0.15) is 22.3 Å². The van der Waals surface area contributed by atoms with Crippen molar-refractivity contribution in [2.75, 3.05) is 10.6 Å². The van der Waals surface area contributed by atoms with E-state index in [1.165, 1.54) is 12.1 Å². The van der Waals surface area contributed by atoms with Gasteiger partial charge in [-0.25, -0.2) is 9.59 Å². The molecule has 2 N–H and O–H groups in total. The van der Waals surface area contributed by atoms with E-state index in [1.807, 2.05) is 0 Å². The number of nitrogens with one attached hydrogen (secondary N) is 2. The lowest BCUT2D eigenvalue weighted by atomic mass is 10.1. The highest BCUT2D eigenvalue weighted by Gasteiger charge is 2.18. The lowest BCUT2D eigenvalue weighted by molar-refractivity contribution is 0.101. The van der Waals surface area contributed by atoms with Crippen LogP contribution >= 0.6 is 0 Å². The second-order valence-corrected chi connectivity index (χ2v) is 7.42. The van der Waals surface area contributed by atoms with Crippen LogP contribution in [0.1, 0.15) is 20.7 Å². The topological polar surface area (TPSA) is 119 Å². The molecule has 5 rings (SSSR count). The zero-order chi connectivity index (χ0) is 23.7. The molecule has 0 radical (unpaired) electrons. The van der Waals surface area contributed by atoms with Crippen LogP contribution in [-0.4, -0.2) is 11.8 Å². The molecule has 2 aromatic heterocycles. The molecule has 0 atom stereocenters. The molecule has 2 heterocycles. The van der Waals surface area contributed by atoms with Crippen LogP contribution in [0.15, 0.2) is 103 Å². The SMILES string of the molecule is O=C(Nc1ccccc1NC(=O)c1cc2ccccc2oc1=O)c1cc2ccccc2oc1=O. The van der Waals surface area contributed by atoms with Crippen molar-refractivity contribution in [2.45, 2.75) is 0 Å². The summed E-state index contributed by atoms with van der Waals surface area (Å²) in [7, 11) is 0. The summed E-state index contributed by atoms with van der Waals surface area (Å²) in [5.41, 5.74) is -0.739. The molecule has 8 nitrogen and oxygen atoms in total. The van der Waals surface area contributed by atoms with Crippen LogP contribution < -0.4 is 21.9 Å². The highest BCUT2D eigenvalue weighted by molar-refractivity contribution is 6.10. The van der Waals surface area contributed by atoms with Gasteiger partial charge >= 0.3 is 11.3 Å². The molecular formula is C26H16N2O6. The number of fused-ring (bicyclic) bond motifs is 2. The summed E-state index contributed by atoms with van der Waals surface area (Å²) in [5.74, 6) is -1.40. The summed E-state index contributed by atoms with van der Waals surface area (Å²) < 4.78 is 10.4. The fourth-order valence-electron chi connectivity index (χ4n) is 3.52. The maximum absolute atomic E-state index is 12.8. The van der Waals surface area contributed by atoms with Crippen LogP contribution in [0.3, 0.4) is 0 Å². The van der Waals surface area contributed by atoms with Gasteiger partial charge in [0.25, 0.3) is 11.8 Å². The van der Waals surface area contributed by atoms with Gasteiger partial charge in [0.15, 0.2) is 0 Å². The molecule has 5 aromatic rings. The van der Waals surface area contributed by atoms with Crippen molar-refractivity contribution in [2.24, 2.45) is 0 Å². The van der Waals surface area contributed by atoms with Crippen molar-refractivity contribution >= 4 is 45.1 Å². The van der Waals surface area contributed by atoms with Crippen LogP contribution in [0.2, 0.25) is 0 Å². The molecule has 0 bridgehead atoms. The monoisotopic (exact) mass is 452 g/mol. The Labute approximate surface area is 191 Å². The van der Waals surface area contributed by atoms with E-state index in [1.54, 1.807) is 72.8 Å². The third-order valence-corrected chi connectivity index (χ3v) is 5.20. The molecule has 0 aliphatic heterocycles. The number of hydrogen-bond acceptors (Lipinski definition) is 6. The summed E-state index contributed by atoms with van der Waals surface area (Å²) >= 11 is 0. The summed E-state index contributed by atoms with van der Waals surface area (Å²) in [6.07, 6.45) is 0. The molecular weight excluding hydrogens is 436 g/mol. The number of carbonyl (C=O) groups excluding carboxylic acids is 2. The van der Waals surface area contributed by atoms with Gasteiger partial charge in [-0.05, 0) is 36.4 Å². The molecule has 0 saturated carbocycles. The highest BCUT2D eigenvalue weighted by atomic mass is 16.4. The summed E-state index contributed by atoms with van der Waals surface area (Å²) in [6.45, 7) is 0. The number of rotatable bonds is 4. The lowest BCUT2D eigenvalue weighted by Gasteiger charge is -2.12. The average molecular weight is 452 g/mol. The van der Waals surface area contributed by atoms with E-state index in [-0.39, 0.29) is 22.5 Å². The van der Waals surface area contributed by atoms with E-state index >= 15 is 0 Å². The van der Waals surface area contributed by atoms with Gasteiger partial charge in [-0.1, -0.05) is 48.5 Å². The van der Waals surface area contributed by atoms with Gasteiger partial charge in [0.05, 0.1) is 11.4 Å². The normalized spacial score (nSPS) is 10.8. The van der Waals surface area contributed by atoms with Gasteiger partial charge in [-0.3, -0.25) is 9.59 Å². The smallest absolute Gasteiger partial charge is 0.349 e. The zero-order valence-corrected chi connectivity index (χ0v) is 17.5. The predicted octanol–water partition coefficient (Wildman–Crippen LogP) is 4.40. The number of carbonyl (C=O) groups is 2. The number of amides is 2. The Morgan fingerprint density at radius 3 is 1.38 bits per heavy atom. The van der Waals surface area contributed by atoms with Crippen molar-refractivity contribution in [3.63, 3.8) is 0 Å². The lowest BCUT2D eigenvalue weighted by Crippen LogP contribution is -2.23. The van der Waals surface area contributed by atoms with Gasteiger partial charge in [0, 0.05) is 10.8 Å². The molecule has 8 heteroatoms. The second-order valence-electron chi connectivity index (χ2n) is 7.42. The van der Waals surface area contributed by atoms with Gasteiger partial charge < -0.3 is 19.5 Å². The minimum absolute atomic E-state index is 0.185. The summed E-state index contributed by atoms with van der Waals surface area (Å²) in [4.78, 5) is 50.3. The Morgan fingerprint density at radius 2 is 0.941 bits per heavy atom. The molecule has 34 heavy (non-hydrogen) atoms. The standard InChI is InChI=1S/C26H16N2O6/c29-23(17-13-15-7-1-5-11-21(15)33-25(17)31)27-19-9-3-4-10-20(19)28-24(30)18-14-16-8-2-6-12-22(16)34-26(18)32/h1-14H,(H,27,29)(H,28,30). The quantitative estimate of drug-likeness (QED) is 0.390. The number of benzene rings is 3. The largest absolute Gasteiger partial charge is 0.422 e. The summed E-state index contributed by atoms with van der Waals surface area (Å²) in [5, 5.41) is 6.43. The minimum Gasteiger partial charge on any atom is -0.422 e. The molecule has 2 amide bonds. The van der Waals surface area contributed by atoms with Crippen LogP contribution in [-0.2, 0) is 0 Å². The van der Waals surface area contributed by atoms with E-state index in [0.29, 0.717) is 21.9 Å². The number of anilines is 2. The second kappa shape index (κ2) is 8.51. The number of para-hydroxylation sites is 4. The first kappa shape index (κ1) is 20.9. The molecule has 3 aromatic carbocycles. The van der Waals surface area contributed by atoms with Crippen molar-refractivity contribution in [3.8, 4) is 0 Å². The average Bonchev–Trinajstić information content (AvgIpc) is 2.84. The van der Waals surface area contributed by atoms with Crippen LogP contribution in [0.25, 0.3) is 21.9 Å². The van der Waals surface area contributed by atoms with E-state index in [9.17, 15) is 19.2 Å². The first-order valence-electron chi connectivity index (χ1n) is 10.3. The highest BCUT2D eigenvalue weighted by Crippen LogP contribution is 2.23. The van der Waals surface area contributed by atoms with Gasteiger partial charge in [-0.2, -0.15) is 0 Å². The van der Waals surface area contributed by atoms with Crippen molar-refractivity contribution in [3.05, 3.63) is 117 Å². The zero-order valence-electron chi connectivity index (χ0n) is 17.5. The molecule has 0 aliphatic rings. The Bertz CT molecular complexity index is 1570. The van der Waals surface area contributed by atoms with Gasteiger partial charge in [-0.15, -0.1) is 0 Å². The summed E-state index contributed by atoms with van der Waals surface area (Å²) in [6, 6.07) is 23.0. The fraction of sp³-hybridized carbons (Fsp3) is 0. The maximum Gasteiger partial charge on any atom is 0.349 e. The van der Waals surface area contributed by atoms with Gasteiger partial charge in [0.2, 0.25) is 0 Å². The Hall–Kier alpha value is -4.98. The molecule has 0 saturated heterocycles. The maximum atomic E-state index is 12.8. The van der Waals surface area contributed by atoms with E-state index < -0.39 is 23.1 Å². The molecule has 166 valence electrons. The Kier molecular flexibility index (Phi) is 5.23. The van der Waals surface area contributed by atoms with E-state index in [0.717, 1.165) is 0 Å². The first-order valence-corrected chi connectivity index (χ1v) is 10.3. The molecule has 0 unspecified atom stereocenters. The predicted molar refractivity (Wildman–Crippen MR) is 127 cm³/mol. The third-order valence-electron chi connectivity index (χ3n) is 5.20. The molecule has 0 fully saturated rings. The Morgan fingerprint density at radius 1 is 0.559 bits per heavy atom. The minimum atomic E-state index is -0.786. The fourth-order valence-corrected chi connectivity index (χ4v) is 3.52. The van der Waals surface area contributed by atoms with Crippen LogP contribution in [0, 0.1) is 0 Å².